The number of nitrogen functional groups attached to an aromatic ring is 2. The first-order valence-electron chi connectivity index (χ1n) is 9.32. The normalized spacial score (nSPS) is 23.4. The van der Waals surface area contributed by atoms with E-state index >= 15 is 0 Å². The number of nitrogens with zero attached hydrogens (tertiary/aromatic N) is 3. The van der Waals surface area contributed by atoms with Crippen LogP contribution in [0.4, 0.5) is 11.4 Å². The van der Waals surface area contributed by atoms with Crippen molar-refractivity contribution in [2.45, 2.75) is 24.5 Å². The Balaban J connectivity index is 1.44. The Bertz CT molecular complexity index is 1260. The first-order valence-corrected chi connectivity index (χ1v) is 10.7. The highest BCUT2D eigenvalue weighted by Gasteiger charge is 2.45. The summed E-state index contributed by atoms with van der Waals surface area (Å²) in [6, 6.07) is 7.45. The molecular formula is C18H20N6O7S. The molecule has 1 amide bonds. The smallest absolute Gasteiger partial charge is 0.362 e. The number of aliphatic hydroxyl groups is 2. The van der Waals surface area contributed by atoms with Crippen molar-refractivity contribution in [1.29, 1.82) is 0 Å². The van der Waals surface area contributed by atoms with Crippen LogP contribution in [0.2, 0.25) is 0 Å². The number of hydrogen-bond acceptors (Lipinski definition) is 11. The van der Waals surface area contributed by atoms with E-state index in [-0.39, 0.29) is 11.3 Å². The Morgan fingerprint density at radius 3 is 2.66 bits per heavy atom. The zero-order valence-corrected chi connectivity index (χ0v) is 17.2. The van der Waals surface area contributed by atoms with Crippen LogP contribution in [0.3, 0.4) is 0 Å². The molecule has 1 saturated heterocycles. The fourth-order valence-electron chi connectivity index (χ4n) is 3.29. The predicted molar refractivity (Wildman–Crippen MR) is 111 cm³/mol. The number of rotatable bonds is 6. The highest BCUT2D eigenvalue weighted by atomic mass is 32.2. The SMILES string of the molecule is Nc1ccccc1C(=O)NS(=O)(=O)OC[C@H]1O[C@@H](n2cnc3c(N)ccnc32)[C@@H](O)C1O. The largest absolute Gasteiger partial charge is 0.398 e. The van der Waals surface area contributed by atoms with Gasteiger partial charge < -0.3 is 26.4 Å². The maximum absolute atomic E-state index is 12.2. The van der Waals surface area contributed by atoms with E-state index in [1.165, 1.54) is 35.3 Å². The Hall–Kier alpha value is -3.30. The monoisotopic (exact) mass is 464 g/mol. The number of nitrogens with two attached hydrogens (primary N) is 2. The van der Waals surface area contributed by atoms with Crippen LogP contribution < -0.4 is 16.2 Å². The van der Waals surface area contributed by atoms with Gasteiger partial charge in [-0.05, 0) is 18.2 Å². The number of benzene rings is 1. The molecule has 3 aromatic rings. The summed E-state index contributed by atoms with van der Waals surface area (Å²) < 4.78 is 37.8. The van der Waals surface area contributed by atoms with Crippen LogP contribution in [0.25, 0.3) is 11.2 Å². The second-order valence-electron chi connectivity index (χ2n) is 7.03. The average Bonchev–Trinajstić information content (AvgIpc) is 3.29. The lowest BCUT2D eigenvalue weighted by Crippen LogP contribution is -2.38. The van der Waals surface area contributed by atoms with Crippen molar-refractivity contribution in [3.63, 3.8) is 0 Å². The zero-order chi connectivity index (χ0) is 23.0. The van der Waals surface area contributed by atoms with Crippen molar-refractivity contribution in [3.8, 4) is 0 Å². The molecule has 1 aromatic carbocycles. The summed E-state index contributed by atoms with van der Waals surface area (Å²) in [5.74, 6) is -0.984. The molecule has 32 heavy (non-hydrogen) atoms. The molecule has 0 aliphatic carbocycles. The van der Waals surface area contributed by atoms with Gasteiger partial charge in [0.15, 0.2) is 11.9 Å². The van der Waals surface area contributed by atoms with E-state index in [1.54, 1.807) is 16.9 Å². The average molecular weight is 464 g/mol. The molecule has 0 bridgehead atoms. The van der Waals surface area contributed by atoms with Gasteiger partial charge in [-0.25, -0.2) is 14.7 Å². The molecular weight excluding hydrogens is 444 g/mol. The number of ether oxygens (including phenoxy) is 1. The van der Waals surface area contributed by atoms with Crippen molar-refractivity contribution < 1.29 is 32.3 Å². The molecule has 7 N–H and O–H groups in total. The zero-order valence-electron chi connectivity index (χ0n) is 16.4. The van der Waals surface area contributed by atoms with Crippen molar-refractivity contribution >= 4 is 38.7 Å². The summed E-state index contributed by atoms with van der Waals surface area (Å²) in [5.41, 5.74) is 12.6. The Morgan fingerprint density at radius 1 is 1.16 bits per heavy atom. The van der Waals surface area contributed by atoms with E-state index in [0.29, 0.717) is 16.9 Å². The van der Waals surface area contributed by atoms with Gasteiger partial charge in [0.1, 0.15) is 23.8 Å². The van der Waals surface area contributed by atoms with Crippen LogP contribution >= 0.6 is 0 Å². The van der Waals surface area contributed by atoms with Gasteiger partial charge in [-0.15, -0.1) is 0 Å². The number of nitrogens with one attached hydrogen (secondary N) is 1. The molecule has 1 fully saturated rings. The lowest BCUT2D eigenvalue weighted by Gasteiger charge is -2.16. The van der Waals surface area contributed by atoms with Gasteiger partial charge in [0.05, 0.1) is 24.2 Å². The summed E-state index contributed by atoms with van der Waals surface area (Å²) in [4.78, 5) is 20.4. The number of hydrogen-bond donors (Lipinski definition) is 5. The third kappa shape index (κ3) is 4.09. The summed E-state index contributed by atoms with van der Waals surface area (Å²) >= 11 is 0. The van der Waals surface area contributed by atoms with Crippen LogP contribution in [0, 0.1) is 0 Å². The van der Waals surface area contributed by atoms with Gasteiger partial charge >= 0.3 is 10.3 Å². The molecule has 1 aliphatic heterocycles. The first-order chi connectivity index (χ1) is 15.2. The Labute approximate surface area is 181 Å². The molecule has 0 radical (unpaired) electrons. The summed E-state index contributed by atoms with van der Waals surface area (Å²) in [6.45, 7) is -0.677. The maximum Gasteiger partial charge on any atom is 0.362 e. The third-order valence-electron chi connectivity index (χ3n) is 4.91. The minimum Gasteiger partial charge on any atom is -0.398 e. The molecule has 2 aromatic heterocycles. The van der Waals surface area contributed by atoms with Crippen molar-refractivity contribution in [3.05, 3.63) is 48.4 Å². The number of aromatic nitrogens is 3. The lowest BCUT2D eigenvalue weighted by molar-refractivity contribution is -0.0468. The van der Waals surface area contributed by atoms with Crippen LogP contribution in [-0.2, 0) is 19.2 Å². The van der Waals surface area contributed by atoms with Gasteiger partial charge in [0.2, 0.25) is 0 Å². The topological polar surface area (TPSA) is 205 Å². The molecule has 4 atom stereocenters. The van der Waals surface area contributed by atoms with E-state index < -0.39 is 47.4 Å². The highest BCUT2D eigenvalue weighted by Crippen LogP contribution is 2.32. The molecule has 0 saturated carbocycles. The fourth-order valence-corrected chi connectivity index (χ4v) is 4.00. The van der Waals surface area contributed by atoms with Gasteiger partial charge in [-0.1, -0.05) is 12.1 Å². The predicted octanol–water partition coefficient (Wildman–Crippen LogP) is -1.09. The van der Waals surface area contributed by atoms with Crippen molar-refractivity contribution in [1.82, 2.24) is 19.3 Å². The molecule has 4 rings (SSSR count). The minimum absolute atomic E-state index is 0.0499. The third-order valence-corrected chi connectivity index (χ3v) is 5.80. The van der Waals surface area contributed by atoms with E-state index in [9.17, 15) is 23.4 Å². The maximum atomic E-state index is 12.2. The fraction of sp³-hybridized carbons (Fsp3) is 0.278. The van der Waals surface area contributed by atoms with Crippen molar-refractivity contribution in [2.75, 3.05) is 18.1 Å². The molecule has 1 unspecified atom stereocenters. The van der Waals surface area contributed by atoms with Gasteiger partial charge in [0.25, 0.3) is 5.91 Å². The minimum atomic E-state index is -4.56. The number of para-hydroxylation sites is 1. The van der Waals surface area contributed by atoms with Crippen molar-refractivity contribution in [2.24, 2.45) is 0 Å². The van der Waals surface area contributed by atoms with E-state index in [4.69, 9.17) is 20.4 Å². The molecule has 14 heteroatoms. The summed E-state index contributed by atoms with van der Waals surface area (Å²) in [7, 11) is -4.56. The Kier molecular flexibility index (Phi) is 5.70. The van der Waals surface area contributed by atoms with E-state index in [0.717, 1.165) is 0 Å². The van der Waals surface area contributed by atoms with E-state index in [2.05, 4.69) is 9.97 Å². The number of pyridine rings is 1. The second kappa shape index (κ2) is 8.33. The number of fused-ring (bicyclic) bond motifs is 1. The van der Waals surface area contributed by atoms with Crippen LogP contribution in [0.5, 0.6) is 0 Å². The second-order valence-corrected chi connectivity index (χ2v) is 8.38. The lowest BCUT2D eigenvalue weighted by atomic mass is 10.1. The van der Waals surface area contributed by atoms with Crippen LogP contribution in [0.1, 0.15) is 16.6 Å². The highest BCUT2D eigenvalue weighted by molar-refractivity contribution is 7.85. The molecule has 13 nitrogen and oxygen atoms in total. The molecule has 3 heterocycles. The van der Waals surface area contributed by atoms with Crippen LogP contribution in [-0.4, -0.2) is 64.0 Å². The van der Waals surface area contributed by atoms with Gasteiger partial charge in [-0.3, -0.25) is 13.5 Å². The van der Waals surface area contributed by atoms with Crippen LogP contribution in [0.15, 0.2) is 42.9 Å². The number of carbonyl (C=O) groups excluding carboxylic acids is 1. The number of imidazole rings is 1. The van der Waals surface area contributed by atoms with Gasteiger partial charge in [-0.2, -0.15) is 8.42 Å². The quantitative estimate of drug-likeness (QED) is 0.277. The number of carbonyl (C=O) groups is 1. The summed E-state index contributed by atoms with van der Waals surface area (Å²) in [5, 5.41) is 20.7. The van der Waals surface area contributed by atoms with Gasteiger partial charge in [0, 0.05) is 11.9 Å². The Morgan fingerprint density at radius 2 is 1.91 bits per heavy atom. The van der Waals surface area contributed by atoms with E-state index in [1.807, 2.05) is 0 Å². The number of anilines is 2. The molecule has 1 aliphatic rings. The summed E-state index contributed by atoms with van der Waals surface area (Å²) in [6.07, 6.45) is -2.51. The first kappa shape index (κ1) is 21.9. The number of aliphatic hydroxyl groups excluding tert-OH is 2. The number of amides is 1. The molecule has 170 valence electrons. The standard InChI is InChI=1S/C18H20N6O7S/c19-10-4-2-1-3-9(10)17(27)23-32(28,29)30-7-12-14(25)15(26)18(31-12)24-8-22-13-11(20)5-6-21-16(13)24/h1-6,8,12,14-15,18,25-26H,7,19H2,(H2,20,21)(H,23,27)/t12-,14?,15+,18-/m1/s1. The molecule has 0 spiro atoms.